The number of hydrogen-bond acceptors (Lipinski definition) is 6. The minimum atomic E-state index is 0.484. The largest absolute Gasteiger partial charge is 0.383 e. The van der Waals surface area contributed by atoms with Gasteiger partial charge >= 0.3 is 0 Å². The van der Waals surface area contributed by atoms with E-state index in [1.54, 1.807) is 6.20 Å². The molecule has 2 aromatic rings. The second kappa shape index (κ2) is 3.27. The molecule has 0 unspecified atom stereocenters. The molecule has 0 atom stereocenters. The molecule has 2 aromatic heterocycles. The normalized spacial score (nSPS) is 16.4. The standard InChI is InChI=1S/C8H10N6S/c9-7-6-3-12-14(8(6)11-4-10-7)13-1-2-15-5-13/h3-4H,1-2,5H2,(H2,9,10,11). The van der Waals surface area contributed by atoms with Crippen molar-refractivity contribution in [3.8, 4) is 0 Å². The molecule has 0 saturated carbocycles. The van der Waals surface area contributed by atoms with Gasteiger partial charge in [-0.1, -0.05) is 0 Å². The molecule has 1 saturated heterocycles. The van der Waals surface area contributed by atoms with Crippen molar-refractivity contribution in [3.63, 3.8) is 0 Å². The van der Waals surface area contributed by atoms with Crippen molar-refractivity contribution in [1.82, 2.24) is 19.9 Å². The Bertz CT molecular complexity index is 489. The summed E-state index contributed by atoms with van der Waals surface area (Å²) in [4.78, 5) is 9.95. The summed E-state index contributed by atoms with van der Waals surface area (Å²) in [6.07, 6.45) is 3.19. The Balaban J connectivity index is 2.15. The molecular formula is C8H10N6S. The number of hydrogen-bond donors (Lipinski definition) is 1. The van der Waals surface area contributed by atoms with Gasteiger partial charge in [-0.3, -0.25) is 5.01 Å². The van der Waals surface area contributed by atoms with Crippen LogP contribution in [0.5, 0.6) is 0 Å². The number of fused-ring (bicyclic) bond motifs is 1. The fourth-order valence-corrected chi connectivity index (χ4v) is 2.53. The molecule has 0 aliphatic carbocycles. The zero-order valence-electron chi connectivity index (χ0n) is 8.00. The van der Waals surface area contributed by atoms with Crippen molar-refractivity contribution in [3.05, 3.63) is 12.5 Å². The summed E-state index contributed by atoms with van der Waals surface area (Å²) in [7, 11) is 0. The second-order valence-electron chi connectivity index (χ2n) is 3.30. The molecule has 0 radical (unpaired) electrons. The average molecular weight is 222 g/mol. The number of nitrogen functional groups attached to an aromatic ring is 1. The van der Waals surface area contributed by atoms with Gasteiger partial charge in [0.25, 0.3) is 0 Å². The number of anilines is 1. The summed E-state index contributed by atoms with van der Waals surface area (Å²) in [6, 6.07) is 0. The molecule has 0 bridgehead atoms. The fourth-order valence-electron chi connectivity index (χ4n) is 1.61. The van der Waals surface area contributed by atoms with Gasteiger partial charge in [0.05, 0.1) is 17.5 Å². The van der Waals surface area contributed by atoms with Crippen LogP contribution in [0.1, 0.15) is 0 Å². The van der Waals surface area contributed by atoms with Crippen LogP contribution in [0.2, 0.25) is 0 Å². The zero-order chi connectivity index (χ0) is 10.3. The Kier molecular flexibility index (Phi) is 1.91. The number of nitrogens with two attached hydrogens (primary N) is 1. The third kappa shape index (κ3) is 1.30. The maximum atomic E-state index is 5.74. The number of aromatic nitrogens is 4. The highest BCUT2D eigenvalue weighted by atomic mass is 32.2. The van der Waals surface area contributed by atoms with E-state index in [1.165, 1.54) is 6.33 Å². The van der Waals surface area contributed by atoms with Crippen molar-refractivity contribution < 1.29 is 0 Å². The van der Waals surface area contributed by atoms with Crippen molar-refractivity contribution >= 4 is 28.6 Å². The van der Waals surface area contributed by atoms with Crippen molar-refractivity contribution in [2.45, 2.75) is 0 Å². The van der Waals surface area contributed by atoms with Gasteiger partial charge in [-0.15, -0.1) is 11.8 Å². The van der Waals surface area contributed by atoms with Crippen LogP contribution in [-0.4, -0.2) is 38.0 Å². The van der Waals surface area contributed by atoms with Gasteiger partial charge in [-0.2, -0.15) is 9.89 Å². The van der Waals surface area contributed by atoms with E-state index in [0.717, 1.165) is 29.2 Å². The highest BCUT2D eigenvalue weighted by Crippen LogP contribution is 2.18. The quantitative estimate of drug-likeness (QED) is 0.735. The molecule has 6 nitrogen and oxygen atoms in total. The molecule has 0 spiro atoms. The summed E-state index contributed by atoms with van der Waals surface area (Å²) in [5.41, 5.74) is 6.52. The molecule has 3 heterocycles. The minimum Gasteiger partial charge on any atom is -0.383 e. The van der Waals surface area contributed by atoms with E-state index in [-0.39, 0.29) is 0 Å². The predicted octanol–water partition coefficient (Wildman–Crippen LogP) is 0.0508. The molecule has 2 N–H and O–H groups in total. The molecule has 1 fully saturated rings. The van der Waals surface area contributed by atoms with Crippen molar-refractivity contribution in [2.75, 3.05) is 28.9 Å². The highest BCUT2D eigenvalue weighted by Gasteiger charge is 2.17. The van der Waals surface area contributed by atoms with E-state index in [0.29, 0.717) is 5.82 Å². The monoisotopic (exact) mass is 222 g/mol. The van der Waals surface area contributed by atoms with Crippen molar-refractivity contribution in [1.29, 1.82) is 0 Å². The Morgan fingerprint density at radius 3 is 3.13 bits per heavy atom. The van der Waals surface area contributed by atoms with E-state index >= 15 is 0 Å². The van der Waals surface area contributed by atoms with E-state index in [9.17, 15) is 0 Å². The lowest BCUT2D eigenvalue weighted by Crippen LogP contribution is -2.32. The highest BCUT2D eigenvalue weighted by molar-refractivity contribution is 7.99. The lowest BCUT2D eigenvalue weighted by molar-refractivity contribution is 0.615. The first kappa shape index (κ1) is 8.78. The Hall–Kier alpha value is -1.50. The summed E-state index contributed by atoms with van der Waals surface area (Å²) in [6.45, 7) is 0.991. The van der Waals surface area contributed by atoms with Gasteiger partial charge in [0.15, 0.2) is 5.65 Å². The Morgan fingerprint density at radius 2 is 2.33 bits per heavy atom. The first-order chi connectivity index (χ1) is 7.36. The van der Waals surface area contributed by atoms with Crippen LogP contribution in [0.4, 0.5) is 5.82 Å². The van der Waals surface area contributed by atoms with Crippen LogP contribution in [0.3, 0.4) is 0 Å². The van der Waals surface area contributed by atoms with Gasteiger partial charge in [-0.25, -0.2) is 9.97 Å². The molecule has 7 heteroatoms. The summed E-state index contributed by atoms with van der Waals surface area (Å²) in [5.74, 6) is 2.56. The van der Waals surface area contributed by atoms with Crippen molar-refractivity contribution in [2.24, 2.45) is 0 Å². The molecule has 3 rings (SSSR count). The first-order valence-corrected chi connectivity index (χ1v) is 5.79. The number of rotatable bonds is 1. The topological polar surface area (TPSA) is 72.9 Å². The Morgan fingerprint density at radius 1 is 1.40 bits per heavy atom. The van der Waals surface area contributed by atoms with Crippen LogP contribution in [0, 0.1) is 0 Å². The Labute approximate surface area is 90.4 Å². The molecule has 0 aromatic carbocycles. The minimum absolute atomic E-state index is 0.484. The zero-order valence-corrected chi connectivity index (χ0v) is 8.81. The van der Waals surface area contributed by atoms with E-state index < -0.39 is 0 Å². The molecule has 15 heavy (non-hydrogen) atoms. The van der Waals surface area contributed by atoms with Crippen LogP contribution in [0.25, 0.3) is 11.0 Å². The van der Waals surface area contributed by atoms with Crippen LogP contribution in [0.15, 0.2) is 12.5 Å². The van der Waals surface area contributed by atoms with Gasteiger partial charge < -0.3 is 5.73 Å². The van der Waals surface area contributed by atoms with Crippen LogP contribution < -0.4 is 10.7 Å². The molecule has 1 aliphatic heterocycles. The third-order valence-electron chi connectivity index (χ3n) is 2.38. The number of nitrogens with zero attached hydrogens (tertiary/aromatic N) is 5. The second-order valence-corrected chi connectivity index (χ2v) is 4.37. The smallest absolute Gasteiger partial charge is 0.186 e. The van der Waals surface area contributed by atoms with Crippen LogP contribution in [-0.2, 0) is 0 Å². The molecule has 78 valence electrons. The van der Waals surface area contributed by atoms with E-state index in [2.05, 4.69) is 20.1 Å². The fraction of sp³-hybridized carbons (Fsp3) is 0.375. The first-order valence-electron chi connectivity index (χ1n) is 4.63. The maximum absolute atomic E-state index is 5.74. The van der Waals surface area contributed by atoms with E-state index in [4.69, 9.17) is 5.73 Å². The summed E-state index contributed by atoms with van der Waals surface area (Å²) in [5, 5.41) is 7.24. The van der Waals surface area contributed by atoms with Gasteiger partial charge in [0, 0.05) is 12.3 Å². The molecular weight excluding hydrogens is 212 g/mol. The van der Waals surface area contributed by atoms with E-state index in [1.807, 2.05) is 16.6 Å². The lowest BCUT2D eigenvalue weighted by Gasteiger charge is -2.16. The average Bonchev–Trinajstić information content (AvgIpc) is 2.85. The van der Waals surface area contributed by atoms with Gasteiger partial charge in [-0.05, 0) is 0 Å². The third-order valence-corrected chi connectivity index (χ3v) is 3.33. The lowest BCUT2D eigenvalue weighted by atomic mass is 10.4. The summed E-state index contributed by atoms with van der Waals surface area (Å²) >= 11 is 1.88. The molecule has 1 aliphatic rings. The molecule has 0 amide bonds. The SMILES string of the molecule is Nc1ncnc2c1cnn2N1CCSC1. The predicted molar refractivity (Wildman–Crippen MR) is 60.1 cm³/mol. The maximum Gasteiger partial charge on any atom is 0.186 e. The number of thioether (sulfide) groups is 1. The van der Waals surface area contributed by atoms with Gasteiger partial charge in [0.2, 0.25) is 0 Å². The van der Waals surface area contributed by atoms with Gasteiger partial charge in [0.1, 0.15) is 12.1 Å². The van der Waals surface area contributed by atoms with Crippen LogP contribution >= 0.6 is 11.8 Å². The summed E-state index contributed by atoms with van der Waals surface area (Å²) < 4.78 is 0.